The van der Waals surface area contributed by atoms with Crippen LogP contribution in [0.4, 0.5) is 11.4 Å². The normalized spacial score (nSPS) is 21.0. The van der Waals surface area contributed by atoms with E-state index in [1.54, 1.807) is 12.0 Å². The molecule has 28 heavy (non-hydrogen) atoms. The Morgan fingerprint density at radius 3 is 2.64 bits per heavy atom. The zero-order valence-corrected chi connectivity index (χ0v) is 16.1. The molecule has 0 unspecified atom stereocenters. The highest BCUT2D eigenvalue weighted by Crippen LogP contribution is 2.46. The van der Waals surface area contributed by atoms with Gasteiger partial charge in [0.05, 0.1) is 30.4 Å². The average molecular weight is 376 g/mol. The molecule has 0 bridgehead atoms. The van der Waals surface area contributed by atoms with Crippen LogP contribution in [0.1, 0.15) is 37.8 Å². The fraction of sp³-hybridized carbons (Fsp3) is 0.304. The Morgan fingerprint density at radius 1 is 1.18 bits per heavy atom. The number of para-hydroxylation sites is 2. The molecule has 2 aromatic carbocycles. The highest BCUT2D eigenvalue weighted by atomic mass is 16.5. The molecule has 0 saturated carbocycles. The van der Waals surface area contributed by atoms with Crippen molar-refractivity contribution in [3.05, 3.63) is 65.9 Å². The number of anilines is 2. The number of fused-ring (bicyclic) bond motifs is 2. The largest absolute Gasteiger partial charge is 0.497 e. The van der Waals surface area contributed by atoms with Crippen LogP contribution in [0.3, 0.4) is 0 Å². The Kier molecular flexibility index (Phi) is 4.90. The second-order valence-corrected chi connectivity index (χ2v) is 7.12. The van der Waals surface area contributed by atoms with Crippen molar-refractivity contribution in [3.8, 4) is 5.75 Å². The first-order chi connectivity index (χ1) is 13.6. The summed E-state index contributed by atoms with van der Waals surface area (Å²) in [7, 11) is 1.62. The number of rotatable bonds is 3. The summed E-state index contributed by atoms with van der Waals surface area (Å²) in [6, 6.07) is 15.0. The predicted octanol–water partition coefficient (Wildman–Crippen LogP) is 4.47. The van der Waals surface area contributed by atoms with E-state index in [0.29, 0.717) is 12.8 Å². The Hall–Kier alpha value is -3.08. The molecule has 2 aliphatic rings. The molecular weight excluding hydrogens is 352 g/mol. The Balaban J connectivity index is 1.94. The van der Waals surface area contributed by atoms with Crippen LogP contribution in [0.5, 0.6) is 5.75 Å². The molecule has 1 aliphatic carbocycles. The van der Waals surface area contributed by atoms with Crippen LogP contribution < -0.4 is 15.0 Å². The van der Waals surface area contributed by atoms with Crippen molar-refractivity contribution in [3.63, 3.8) is 0 Å². The van der Waals surface area contributed by atoms with Gasteiger partial charge in [-0.3, -0.25) is 9.59 Å². The van der Waals surface area contributed by atoms with Gasteiger partial charge in [-0.05, 0) is 36.2 Å². The maximum atomic E-state index is 13.1. The highest BCUT2D eigenvalue weighted by Gasteiger charge is 2.42. The van der Waals surface area contributed by atoms with E-state index in [2.05, 4.69) is 11.4 Å². The minimum atomic E-state index is -0.412. The molecule has 5 heteroatoms. The Bertz CT molecular complexity index is 933. The van der Waals surface area contributed by atoms with E-state index in [4.69, 9.17) is 4.74 Å². The fourth-order valence-electron chi connectivity index (χ4n) is 4.15. The number of nitrogens with zero attached hydrogens (tertiary/aromatic N) is 1. The van der Waals surface area contributed by atoms with E-state index in [9.17, 15) is 9.59 Å². The Morgan fingerprint density at radius 2 is 1.93 bits per heavy atom. The van der Waals surface area contributed by atoms with Crippen LogP contribution in [0.15, 0.2) is 60.3 Å². The summed E-state index contributed by atoms with van der Waals surface area (Å²) in [4.78, 5) is 28.0. The van der Waals surface area contributed by atoms with E-state index in [1.807, 2.05) is 55.5 Å². The van der Waals surface area contributed by atoms with Gasteiger partial charge in [-0.25, -0.2) is 0 Å². The summed E-state index contributed by atoms with van der Waals surface area (Å²) in [5, 5.41) is 3.44. The molecule has 0 radical (unpaired) electrons. The van der Waals surface area contributed by atoms with Crippen LogP contribution >= 0.6 is 0 Å². The summed E-state index contributed by atoms with van der Waals surface area (Å²) in [5.41, 5.74) is 3.47. The van der Waals surface area contributed by atoms with Crippen molar-refractivity contribution in [2.45, 2.75) is 32.2 Å². The van der Waals surface area contributed by atoms with Crippen molar-refractivity contribution in [2.24, 2.45) is 5.92 Å². The second-order valence-electron chi connectivity index (χ2n) is 7.12. The minimum absolute atomic E-state index is 0.00492. The van der Waals surface area contributed by atoms with Crippen molar-refractivity contribution >= 4 is 23.1 Å². The van der Waals surface area contributed by atoms with Crippen molar-refractivity contribution in [2.75, 3.05) is 17.3 Å². The maximum absolute atomic E-state index is 13.1. The van der Waals surface area contributed by atoms with E-state index < -0.39 is 12.0 Å². The van der Waals surface area contributed by atoms with Gasteiger partial charge in [-0.2, -0.15) is 0 Å². The van der Waals surface area contributed by atoms with Gasteiger partial charge in [0.25, 0.3) is 0 Å². The molecule has 0 fully saturated rings. The van der Waals surface area contributed by atoms with E-state index in [-0.39, 0.29) is 11.7 Å². The van der Waals surface area contributed by atoms with Gasteiger partial charge in [0, 0.05) is 18.5 Å². The number of amides is 1. The van der Waals surface area contributed by atoms with Gasteiger partial charge in [0.15, 0.2) is 0 Å². The SMILES string of the molecule is CCC(=O)N1c2ccccc2NC2=CCCC(=O)[C@@H]2[C@@H]1c1ccc(OC)cc1. The number of nitrogens with one attached hydrogen (secondary N) is 1. The van der Waals surface area contributed by atoms with Gasteiger partial charge >= 0.3 is 0 Å². The van der Waals surface area contributed by atoms with Crippen LogP contribution in [0.25, 0.3) is 0 Å². The minimum Gasteiger partial charge on any atom is -0.497 e. The number of carbonyl (C=O) groups excluding carboxylic acids is 2. The number of allylic oxidation sites excluding steroid dienone is 1. The van der Waals surface area contributed by atoms with E-state index in [1.165, 1.54) is 0 Å². The molecular formula is C23H24N2O3. The van der Waals surface area contributed by atoms with Crippen molar-refractivity contribution in [1.82, 2.24) is 0 Å². The lowest BCUT2D eigenvalue weighted by molar-refractivity contribution is -0.123. The molecule has 1 heterocycles. The van der Waals surface area contributed by atoms with Gasteiger partial charge in [0.2, 0.25) is 5.91 Å². The van der Waals surface area contributed by atoms with E-state index in [0.717, 1.165) is 34.8 Å². The smallest absolute Gasteiger partial charge is 0.227 e. The number of ketones is 1. The maximum Gasteiger partial charge on any atom is 0.227 e. The summed E-state index contributed by atoms with van der Waals surface area (Å²) in [5.74, 6) is 0.488. The Labute approximate surface area is 165 Å². The molecule has 1 aliphatic heterocycles. The molecule has 144 valence electrons. The highest BCUT2D eigenvalue weighted by molar-refractivity contribution is 6.00. The van der Waals surface area contributed by atoms with Crippen molar-refractivity contribution in [1.29, 1.82) is 0 Å². The number of methoxy groups -OCH3 is 1. The topological polar surface area (TPSA) is 58.6 Å². The third kappa shape index (κ3) is 3.07. The summed E-state index contributed by atoms with van der Waals surface area (Å²) in [6.07, 6.45) is 3.67. The number of benzene rings is 2. The molecule has 2 atom stereocenters. The molecule has 0 aromatic heterocycles. The van der Waals surface area contributed by atoms with Gasteiger partial charge in [-0.15, -0.1) is 0 Å². The molecule has 0 spiro atoms. The molecule has 1 N–H and O–H groups in total. The van der Waals surface area contributed by atoms with Crippen LogP contribution in [-0.4, -0.2) is 18.8 Å². The first kappa shape index (κ1) is 18.3. The lowest BCUT2D eigenvalue weighted by atomic mass is 9.81. The standard InChI is InChI=1S/C23H24N2O3/c1-3-21(27)25-19-9-5-4-7-17(19)24-18-8-6-10-20(26)22(18)23(25)15-11-13-16(28-2)14-12-15/h4-5,7-9,11-14,22-24H,3,6,10H2,1-2H3/t22-,23+/m1/s1. The predicted molar refractivity (Wildman–Crippen MR) is 109 cm³/mol. The van der Waals surface area contributed by atoms with Crippen LogP contribution in [0.2, 0.25) is 0 Å². The number of carbonyl (C=O) groups is 2. The number of hydrogen-bond donors (Lipinski definition) is 1. The number of hydrogen-bond acceptors (Lipinski definition) is 4. The molecule has 5 nitrogen and oxygen atoms in total. The summed E-state index contributed by atoms with van der Waals surface area (Å²) in [6.45, 7) is 1.85. The third-order valence-corrected chi connectivity index (χ3v) is 5.50. The monoisotopic (exact) mass is 376 g/mol. The molecule has 1 amide bonds. The van der Waals surface area contributed by atoms with Gasteiger partial charge in [-0.1, -0.05) is 37.3 Å². The number of ether oxygens (including phenoxy) is 1. The van der Waals surface area contributed by atoms with Gasteiger partial charge in [0.1, 0.15) is 11.5 Å². The lowest BCUT2D eigenvalue weighted by Crippen LogP contribution is -2.41. The lowest BCUT2D eigenvalue weighted by Gasteiger charge is -2.36. The third-order valence-electron chi connectivity index (χ3n) is 5.50. The first-order valence-electron chi connectivity index (χ1n) is 9.69. The summed E-state index contributed by atoms with van der Waals surface area (Å²) < 4.78 is 5.29. The van der Waals surface area contributed by atoms with Crippen LogP contribution in [0, 0.1) is 5.92 Å². The second kappa shape index (κ2) is 7.50. The van der Waals surface area contributed by atoms with Crippen molar-refractivity contribution < 1.29 is 14.3 Å². The zero-order chi connectivity index (χ0) is 19.7. The average Bonchev–Trinajstić information content (AvgIpc) is 2.88. The zero-order valence-electron chi connectivity index (χ0n) is 16.1. The molecule has 2 aromatic rings. The van der Waals surface area contributed by atoms with E-state index >= 15 is 0 Å². The van der Waals surface area contributed by atoms with Crippen LogP contribution in [-0.2, 0) is 9.59 Å². The first-order valence-corrected chi connectivity index (χ1v) is 9.69. The van der Waals surface area contributed by atoms with Gasteiger partial charge < -0.3 is 15.0 Å². The summed E-state index contributed by atoms with van der Waals surface area (Å²) >= 11 is 0. The molecule has 0 saturated heterocycles. The quantitative estimate of drug-likeness (QED) is 0.859. The fourth-order valence-corrected chi connectivity index (χ4v) is 4.15. The molecule has 4 rings (SSSR count). The number of Topliss-reactive ketones (excluding diaryl/α,β-unsaturated/α-hetero) is 1.